The molecule has 0 amide bonds. The van der Waals surface area contributed by atoms with Crippen LogP contribution in [0.25, 0.3) is 0 Å². The van der Waals surface area contributed by atoms with Crippen LogP contribution in [-0.4, -0.2) is 30.0 Å². The van der Waals surface area contributed by atoms with Gasteiger partial charge in [-0.25, -0.2) is 4.68 Å². The van der Waals surface area contributed by atoms with Gasteiger partial charge >= 0.3 is 5.97 Å². The number of rotatable bonds is 7. The Morgan fingerprint density at radius 2 is 1.71 bits per heavy atom. The lowest BCUT2D eigenvalue weighted by atomic mass is 10.1. The molecule has 1 aromatic heterocycles. The molecule has 7 heteroatoms. The van der Waals surface area contributed by atoms with Gasteiger partial charge in [-0.1, -0.05) is 36.0 Å². The number of benzene rings is 2. The largest absolute Gasteiger partial charge is 0.493 e. The van der Waals surface area contributed by atoms with Gasteiger partial charge in [-0.05, 0) is 57.5 Å². The molecular weight excluding hydrogens is 412 g/mol. The SMILES string of the molecule is COc1ccc(CC(=O)Oc2c(Sc3ccccc3)c(C)nn2C(C)(C)C)cc1OC. The molecule has 0 aliphatic carbocycles. The summed E-state index contributed by atoms with van der Waals surface area (Å²) in [7, 11) is 3.14. The van der Waals surface area contributed by atoms with Crippen molar-refractivity contribution in [1.82, 2.24) is 9.78 Å². The van der Waals surface area contributed by atoms with Crippen molar-refractivity contribution in [1.29, 1.82) is 0 Å². The number of esters is 1. The van der Waals surface area contributed by atoms with Crippen molar-refractivity contribution in [3.05, 3.63) is 59.8 Å². The second kappa shape index (κ2) is 9.47. The first-order valence-electron chi connectivity index (χ1n) is 9.97. The van der Waals surface area contributed by atoms with E-state index < -0.39 is 0 Å². The topological polar surface area (TPSA) is 62.6 Å². The molecule has 0 aliphatic heterocycles. The van der Waals surface area contributed by atoms with Gasteiger partial charge in [0, 0.05) is 4.90 Å². The number of aryl methyl sites for hydroxylation is 1. The molecule has 0 saturated heterocycles. The lowest BCUT2D eigenvalue weighted by Gasteiger charge is -2.22. The van der Waals surface area contributed by atoms with Gasteiger partial charge in [0.05, 0.1) is 36.8 Å². The summed E-state index contributed by atoms with van der Waals surface area (Å²) >= 11 is 1.54. The summed E-state index contributed by atoms with van der Waals surface area (Å²) < 4.78 is 18.3. The summed E-state index contributed by atoms with van der Waals surface area (Å²) in [6.45, 7) is 8.02. The molecule has 0 bridgehead atoms. The van der Waals surface area contributed by atoms with Crippen molar-refractivity contribution < 1.29 is 19.0 Å². The van der Waals surface area contributed by atoms with Gasteiger partial charge in [0.25, 0.3) is 0 Å². The molecule has 0 spiro atoms. The van der Waals surface area contributed by atoms with Crippen LogP contribution in [0.4, 0.5) is 0 Å². The summed E-state index contributed by atoms with van der Waals surface area (Å²) in [6, 6.07) is 15.4. The summed E-state index contributed by atoms with van der Waals surface area (Å²) in [5.41, 5.74) is 1.25. The smallest absolute Gasteiger partial charge is 0.317 e. The van der Waals surface area contributed by atoms with E-state index in [1.54, 1.807) is 31.0 Å². The first-order chi connectivity index (χ1) is 14.7. The standard InChI is InChI=1S/C24H28N2O4S/c1-16-22(31-18-10-8-7-9-11-18)23(26(25-16)24(2,3)4)30-21(27)15-17-12-13-19(28-5)20(14-17)29-6/h7-14H,15H2,1-6H3. The van der Waals surface area contributed by atoms with Crippen LogP contribution in [0.3, 0.4) is 0 Å². The Labute approximate surface area is 187 Å². The van der Waals surface area contributed by atoms with E-state index in [4.69, 9.17) is 14.2 Å². The van der Waals surface area contributed by atoms with Crippen LogP contribution >= 0.6 is 11.8 Å². The highest BCUT2D eigenvalue weighted by molar-refractivity contribution is 7.99. The molecule has 164 valence electrons. The number of carbonyl (C=O) groups is 1. The lowest BCUT2D eigenvalue weighted by Crippen LogP contribution is -2.26. The molecule has 3 rings (SSSR count). The molecule has 0 atom stereocenters. The van der Waals surface area contributed by atoms with E-state index in [9.17, 15) is 4.79 Å². The van der Waals surface area contributed by atoms with E-state index >= 15 is 0 Å². The van der Waals surface area contributed by atoms with Crippen molar-refractivity contribution in [2.75, 3.05) is 14.2 Å². The number of hydrogen-bond acceptors (Lipinski definition) is 6. The summed E-state index contributed by atoms with van der Waals surface area (Å²) in [4.78, 5) is 14.8. The predicted molar refractivity (Wildman–Crippen MR) is 121 cm³/mol. The van der Waals surface area contributed by atoms with Gasteiger partial charge in [-0.3, -0.25) is 4.79 Å². The molecule has 0 fully saturated rings. The second-order valence-electron chi connectivity index (χ2n) is 8.06. The van der Waals surface area contributed by atoms with Crippen LogP contribution in [0.15, 0.2) is 58.3 Å². The van der Waals surface area contributed by atoms with Gasteiger partial charge in [0.15, 0.2) is 11.5 Å². The van der Waals surface area contributed by atoms with Crippen LogP contribution in [-0.2, 0) is 16.8 Å². The number of aromatic nitrogens is 2. The van der Waals surface area contributed by atoms with Crippen molar-refractivity contribution in [3.63, 3.8) is 0 Å². The van der Waals surface area contributed by atoms with Gasteiger partial charge in [-0.15, -0.1) is 0 Å². The molecule has 1 heterocycles. The molecule has 0 radical (unpaired) electrons. The maximum Gasteiger partial charge on any atom is 0.317 e. The number of ether oxygens (including phenoxy) is 3. The van der Waals surface area contributed by atoms with E-state index in [-0.39, 0.29) is 17.9 Å². The minimum atomic E-state index is -0.368. The number of hydrogen-bond donors (Lipinski definition) is 0. The van der Waals surface area contributed by atoms with Crippen LogP contribution < -0.4 is 14.2 Å². The molecule has 31 heavy (non-hydrogen) atoms. The molecule has 0 aliphatic rings. The first kappa shape index (κ1) is 22.7. The van der Waals surface area contributed by atoms with Crippen molar-refractivity contribution in [3.8, 4) is 17.4 Å². The van der Waals surface area contributed by atoms with Crippen molar-refractivity contribution in [2.24, 2.45) is 0 Å². The fraction of sp³-hybridized carbons (Fsp3) is 0.333. The van der Waals surface area contributed by atoms with Crippen molar-refractivity contribution >= 4 is 17.7 Å². The highest BCUT2D eigenvalue weighted by Crippen LogP contribution is 2.40. The number of nitrogens with zero attached hydrogens (tertiary/aromatic N) is 2. The minimum Gasteiger partial charge on any atom is -0.493 e. The molecule has 2 aromatic carbocycles. The second-order valence-corrected chi connectivity index (χ2v) is 9.14. The average molecular weight is 441 g/mol. The predicted octanol–water partition coefficient (Wildman–Crippen LogP) is 5.26. The van der Waals surface area contributed by atoms with E-state index in [1.807, 2.05) is 64.1 Å². The quantitative estimate of drug-likeness (QED) is 0.467. The molecule has 0 saturated carbocycles. The van der Waals surface area contributed by atoms with E-state index in [1.165, 1.54) is 11.8 Å². The van der Waals surface area contributed by atoms with Crippen molar-refractivity contribution in [2.45, 2.75) is 49.4 Å². The maximum absolute atomic E-state index is 12.9. The van der Waals surface area contributed by atoms with E-state index in [0.717, 1.165) is 21.0 Å². The lowest BCUT2D eigenvalue weighted by molar-refractivity contribution is -0.134. The third kappa shape index (κ3) is 5.41. The third-order valence-electron chi connectivity index (χ3n) is 4.57. The van der Waals surface area contributed by atoms with Crippen LogP contribution in [0.5, 0.6) is 17.4 Å². The van der Waals surface area contributed by atoms with Gasteiger partial charge in [-0.2, -0.15) is 5.10 Å². The Hall–Kier alpha value is -2.93. The fourth-order valence-electron chi connectivity index (χ4n) is 3.06. The summed E-state index contributed by atoms with van der Waals surface area (Å²) in [5, 5.41) is 4.67. The first-order valence-corrected chi connectivity index (χ1v) is 10.8. The van der Waals surface area contributed by atoms with Gasteiger partial charge in [0.2, 0.25) is 5.88 Å². The summed E-state index contributed by atoms with van der Waals surface area (Å²) in [5.74, 6) is 1.28. The zero-order chi connectivity index (χ0) is 22.6. The zero-order valence-electron chi connectivity index (χ0n) is 18.8. The minimum absolute atomic E-state index is 0.101. The van der Waals surface area contributed by atoms with E-state index in [0.29, 0.717) is 17.4 Å². The fourth-order valence-corrected chi connectivity index (χ4v) is 3.99. The Balaban J connectivity index is 1.89. The number of carbonyl (C=O) groups excluding carboxylic acids is 1. The third-order valence-corrected chi connectivity index (χ3v) is 5.75. The van der Waals surface area contributed by atoms with Crippen LogP contribution in [0, 0.1) is 6.92 Å². The average Bonchev–Trinajstić information content (AvgIpc) is 3.04. The molecular formula is C24H28N2O4S. The highest BCUT2D eigenvalue weighted by Gasteiger charge is 2.27. The van der Waals surface area contributed by atoms with Crippen LogP contribution in [0.2, 0.25) is 0 Å². The Bertz CT molecular complexity index is 1060. The summed E-state index contributed by atoms with van der Waals surface area (Å²) in [6.07, 6.45) is 0.101. The Kier molecular flexibility index (Phi) is 6.95. The monoisotopic (exact) mass is 440 g/mol. The molecule has 0 N–H and O–H groups in total. The Morgan fingerprint density at radius 1 is 1.03 bits per heavy atom. The number of methoxy groups -OCH3 is 2. The van der Waals surface area contributed by atoms with Crippen LogP contribution in [0.1, 0.15) is 32.0 Å². The van der Waals surface area contributed by atoms with E-state index in [2.05, 4.69) is 5.10 Å². The highest BCUT2D eigenvalue weighted by atomic mass is 32.2. The maximum atomic E-state index is 12.9. The Morgan fingerprint density at radius 3 is 2.32 bits per heavy atom. The zero-order valence-corrected chi connectivity index (χ0v) is 19.6. The van der Waals surface area contributed by atoms with Gasteiger partial charge in [0.1, 0.15) is 0 Å². The molecule has 0 unspecified atom stereocenters. The molecule has 3 aromatic rings. The molecule has 6 nitrogen and oxygen atoms in total. The van der Waals surface area contributed by atoms with Gasteiger partial charge < -0.3 is 14.2 Å². The normalized spacial score (nSPS) is 11.3.